The second kappa shape index (κ2) is 6.72. The van der Waals surface area contributed by atoms with E-state index in [0.29, 0.717) is 12.8 Å². The van der Waals surface area contributed by atoms with Crippen molar-refractivity contribution in [1.29, 1.82) is 0 Å². The van der Waals surface area contributed by atoms with Gasteiger partial charge in [0.2, 0.25) is 0 Å². The second-order valence-electron chi connectivity index (χ2n) is 5.80. The number of hydrogen-bond acceptors (Lipinski definition) is 4. The summed E-state index contributed by atoms with van der Waals surface area (Å²) in [6.07, 6.45) is -1.15. The highest BCUT2D eigenvalue weighted by atomic mass is 19.4. The Morgan fingerprint density at radius 1 is 1.25 bits per heavy atom. The molecule has 0 aliphatic carbocycles. The predicted octanol–water partition coefficient (Wildman–Crippen LogP) is 2.88. The normalized spacial score (nSPS) is 21.6. The Balaban J connectivity index is 1.61. The molecule has 0 unspecified atom stereocenters. The van der Waals surface area contributed by atoms with Crippen LogP contribution >= 0.6 is 0 Å². The summed E-state index contributed by atoms with van der Waals surface area (Å²) in [5.41, 5.74) is 0.740. The Labute approximate surface area is 136 Å². The zero-order valence-corrected chi connectivity index (χ0v) is 12.8. The van der Waals surface area contributed by atoms with Gasteiger partial charge in [0, 0.05) is 12.1 Å². The highest BCUT2D eigenvalue weighted by molar-refractivity contribution is 5.28. The molecule has 0 bridgehead atoms. The summed E-state index contributed by atoms with van der Waals surface area (Å²) < 4.78 is 46.9. The van der Waals surface area contributed by atoms with Crippen LogP contribution in [0.1, 0.15) is 24.4 Å². The van der Waals surface area contributed by atoms with Gasteiger partial charge in [0.15, 0.2) is 0 Å². The van der Waals surface area contributed by atoms with Gasteiger partial charge < -0.3 is 14.6 Å². The van der Waals surface area contributed by atoms with Gasteiger partial charge in [-0.1, -0.05) is 12.1 Å². The predicted molar refractivity (Wildman–Crippen MR) is 79.9 cm³/mol. The van der Waals surface area contributed by atoms with Gasteiger partial charge in [0.1, 0.15) is 12.0 Å². The van der Waals surface area contributed by atoms with Crippen LogP contribution in [0.15, 0.2) is 45.9 Å². The van der Waals surface area contributed by atoms with Crippen LogP contribution < -0.4 is 15.6 Å². The van der Waals surface area contributed by atoms with Crippen LogP contribution in [0.3, 0.4) is 0 Å². The van der Waals surface area contributed by atoms with Gasteiger partial charge in [-0.25, -0.2) is 0 Å². The van der Waals surface area contributed by atoms with E-state index in [-0.39, 0.29) is 23.4 Å². The van der Waals surface area contributed by atoms with Crippen LogP contribution in [-0.2, 0) is 6.42 Å². The van der Waals surface area contributed by atoms with Gasteiger partial charge in [0.25, 0.3) is 5.56 Å². The lowest BCUT2D eigenvalue weighted by Gasteiger charge is -2.29. The standard InChI is InChI=1S/C16H17F3N2O3/c17-16(18,19)24-14-3-1-11(2-4-14)9-12-10-13(5-7-20-12)21-15(22)6-8-23-21/h1-4,6,8,12-13,20H,5,7,9-10H2/t12-,13+/m1/s1. The third kappa shape index (κ3) is 4.19. The molecular formula is C16H17F3N2O3. The summed E-state index contributed by atoms with van der Waals surface area (Å²) in [6.45, 7) is 0.748. The van der Waals surface area contributed by atoms with E-state index in [1.807, 2.05) is 0 Å². The average molecular weight is 342 g/mol. The Morgan fingerprint density at radius 3 is 2.62 bits per heavy atom. The molecule has 24 heavy (non-hydrogen) atoms. The molecule has 1 N–H and O–H groups in total. The number of benzene rings is 1. The first-order valence-electron chi connectivity index (χ1n) is 7.65. The average Bonchev–Trinajstić information content (AvgIpc) is 2.94. The van der Waals surface area contributed by atoms with E-state index in [0.717, 1.165) is 18.5 Å². The topological polar surface area (TPSA) is 56.4 Å². The molecule has 1 aliphatic rings. The van der Waals surface area contributed by atoms with Crippen LogP contribution in [0.2, 0.25) is 0 Å². The fraction of sp³-hybridized carbons (Fsp3) is 0.438. The molecule has 0 radical (unpaired) electrons. The van der Waals surface area contributed by atoms with Crippen molar-refractivity contribution in [2.45, 2.75) is 37.7 Å². The number of nitrogens with one attached hydrogen (secondary N) is 1. The van der Waals surface area contributed by atoms with Crippen LogP contribution in [0.4, 0.5) is 13.2 Å². The van der Waals surface area contributed by atoms with Gasteiger partial charge in [-0.3, -0.25) is 4.79 Å². The van der Waals surface area contributed by atoms with E-state index in [2.05, 4.69) is 10.1 Å². The molecule has 8 heteroatoms. The number of halogens is 3. The smallest absolute Gasteiger partial charge is 0.406 e. The Morgan fingerprint density at radius 2 is 2.00 bits per heavy atom. The van der Waals surface area contributed by atoms with Crippen molar-refractivity contribution in [3.8, 4) is 5.75 Å². The summed E-state index contributed by atoms with van der Waals surface area (Å²) in [7, 11) is 0. The fourth-order valence-corrected chi connectivity index (χ4v) is 3.01. The maximum Gasteiger partial charge on any atom is 0.573 e. The summed E-state index contributed by atoms with van der Waals surface area (Å²) in [5, 5.41) is 3.36. The first-order valence-corrected chi connectivity index (χ1v) is 7.65. The van der Waals surface area contributed by atoms with Gasteiger partial charge in [-0.15, -0.1) is 13.2 Å². The molecule has 1 aliphatic heterocycles. The first kappa shape index (κ1) is 16.6. The maximum absolute atomic E-state index is 12.2. The van der Waals surface area contributed by atoms with Gasteiger partial charge in [0.05, 0.1) is 6.04 Å². The second-order valence-corrected chi connectivity index (χ2v) is 5.80. The molecule has 1 saturated heterocycles. The minimum Gasteiger partial charge on any atom is -0.406 e. The molecular weight excluding hydrogens is 325 g/mol. The van der Waals surface area contributed by atoms with E-state index >= 15 is 0 Å². The molecule has 1 aromatic carbocycles. The van der Waals surface area contributed by atoms with E-state index in [1.165, 1.54) is 29.2 Å². The van der Waals surface area contributed by atoms with E-state index in [4.69, 9.17) is 4.52 Å². The molecule has 0 saturated carbocycles. The molecule has 0 amide bonds. The highest BCUT2D eigenvalue weighted by Crippen LogP contribution is 2.25. The number of hydrogen-bond donors (Lipinski definition) is 1. The van der Waals surface area contributed by atoms with E-state index in [9.17, 15) is 18.0 Å². The molecule has 3 rings (SSSR count). The van der Waals surface area contributed by atoms with Crippen molar-refractivity contribution in [2.24, 2.45) is 0 Å². The lowest BCUT2D eigenvalue weighted by Crippen LogP contribution is -2.41. The molecule has 1 aromatic heterocycles. The number of nitrogens with zero attached hydrogens (tertiary/aromatic N) is 1. The largest absolute Gasteiger partial charge is 0.573 e. The van der Waals surface area contributed by atoms with Gasteiger partial charge in [-0.05, 0) is 43.5 Å². The highest BCUT2D eigenvalue weighted by Gasteiger charge is 2.31. The van der Waals surface area contributed by atoms with Crippen molar-refractivity contribution >= 4 is 0 Å². The monoisotopic (exact) mass is 342 g/mol. The summed E-state index contributed by atoms with van der Waals surface area (Å²) in [5.74, 6) is -0.233. The number of piperidine rings is 1. The van der Waals surface area contributed by atoms with Crippen LogP contribution in [0, 0.1) is 0 Å². The van der Waals surface area contributed by atoms with Crippen LogP contribution in [-0.4, -0.2) is 23.7 Å². The van der Waals surface area contributed by atoms with Crippen molar-refractivity contribution in [3.05, 3.63) is 52.5 Å². The van der Waals surface area contributed by atoms with Crippen LogP contribution in [0.25, 0.3) is 0 Å². The minimum atomic E-state index is -4.68. The molecule has 130 valence electrons. The van der Waals surface area contributed by atoms with Gasteiger partial charge in [-0.2, -0.15) is 4.74 Å². The molecule has 0 spiro atoms. The zero-order chi connectivity index (χ0) is 17.2. The molecule has 2 atom stereocenters. The van der Waals surface area contributed by atoms with Crippen molar-refractivity contribution < 1.29 is 22.4 Å². The lowest BCUT2D eigenvalue weighted by molar-refractivity contribution is -0.274. The quantitative estimate of drug-likeness (QED) is 0.928. The Hall–Kier alpha value is -2.22. The zero-order valence-electron chi connectivity index (χ0n) is 12.8. The van der Waals surface area contributed by atoms with Crippen molar-refractivity contribution in [2.75, 3.05) is 6.54 Å². The van der Waals surface area contributed by atoms with Crippen molar-refractivity contribution in [3.63, 3.8) is 0 Å². The number of aromatic nitrogens is 1. The van der Waals surface area contributed by atoms with E-state index < -0.39 is 6.36 Å². The Bertz CT molecular complexity index is 721. The van der Waals surface area contributed by atoms with E-state index in [1.54, 1.807) is 12.1 Å². The third-order valence-corrected chi connectivity index (χ3v) is 4.04. The first-order chi connectivity index (χ1) is 11.4. The summed E-state index contributed by atoms with van der Waals surface area (Å²) >= 11 is 0. The Kier molecular flexibility index (Phi) is 4.66. The van der Waals surface area contributed by atoms with Crippen LogP contribution in [0.5, 0.6) is 5.75 Å². The molecule has 2 heterocycles. The molecule has 5 nitrogen and oxygen atoms in total. The summed E-state index contributed by atoms with van der Waals surface area (Å²) in [4.78, 5) is 11.7. The SMILES string of the molecule is O=c1ccon1[C@H]1CCN[C@H](Cc2ccc(OC(F)(F)F)cc2)C1. The van der Waals surface area contributed by atoms with Crippen molar-refractivity contribution in [1.82, 2.24) is 10.1 Å². The number of rotatable bonds is 4. The fourth-order valence-electron chi connectivity index (χ4n) is 3.01. The number of ether oxygens (including phenoxy) is 1. The molecule has 1 fully saturated rings. The third-order valence-electron chi connectivity index (χ3n) is 4.04. The minimum absolute atomic E-state index is 0.00779. The van der Waals surface area contributed by atoms with Gasteiger partial charge >= 0.3 is 6.36 Å². The molecule has 2 aromatic rings. The lowest BCUT2D eigenvalue weighted by atomic mass is 9.94. The maximum atomic E-state index is 12.2. The number of alkyl halides is 3. The summed E-state index contributed by atoms with van der Waals surface area (Å²) in [6, 6.07) is 7.34.